The van der Waals surface area contributed by atoms with E-state index in [0.717, 1.165) is 61.7 Å². The summed E-state index contributed by atoms with van der Waals surface area (Å²) in [5.41, 5.74) is 12.0. The van der Waals surface area contributed by atoms with Gasteiger partial charge in [0.15, 0.2) is 11.4 Å². The molecule has 4 heteroatoms. The molecule has 0 spiro atoms. The Bertz CT molecular complexity index is 2710. The van der Waals surface area contributed by atoms with Gasteiger partial charge in [0.1, 0.15) is 11.5 Å². The first-order chi connectivity index (χ1) is 26.9. The van der Waals surface area contributed by atoms with E-state index in [1.54, 1.807) is 7.11 Å². The third-order valence-electron chi connectivity index (χ3n) is 11.4. The minimum Gasteiger partial charge on any atom is -0.497 e. The first-order valence-corrected chi connectivity index (χ1v) is 18.8. The smallest absolute Gasteiger partial charge is 0.178 e. The van der Waals surface area contributed by atoms with Gasteiger partial charge in [0.2, 0.25) is 0 Å². The Morgan fingerprint density at radius 1 is 0.564 bits per heavy atom. The van der Waals surface area contributed by atoms with Gasteiger partial charge in [0.05, 0.1) is 18.5 Å². The summed E-state index contributed by atoms with van der Waals surface area (Å²) < 4.78 is 13.1. The van der Waals surface area contributed by atoms with Crippen molar-refractivity contribution in [2.24, 2.45) is 0 Å². The third-order valence-corrected chi connectivity index (χ3v) is 11.4. The fraction of sp³-hybridized carbons (Fsp3) is 0.0980. The number of rotatable bonds is 6. The SMILES string of the molecule is COc1ccc(C2(c3ccc(-c4cc(-c5ccccc5)nc(-c5ccccc5)n4)cc3)C=Cc3c4c(c5ccccc5c3O2)-c2ccccc2C4(C)C)cc1. The van der Waals surface area contributed by atoms with Crippen LogP contribution in [-0.2, 0) is 11.0 Å². The van der Waals surface area contributed by atoms with Gasteiger partial charge in [-0.05, 0) is 51.9 Å². The van der Waals surface area contributed by atoms with Gasteiger partial charge < -0.3 is 9.47 Å². The molecule has 0 saturated carbocycles. The second kappa shape index (κ2) is 12.7. The van der Waals surface area contributed by atoms with Gasteiger partial charge in [0.25, 0.3) is 0 Å². The van der Waals surface area contributed by atoms with Crippen LogP contribution >= 0.6 is 0 Å². The predicted molar refractivity (Wildman–Crippen MR) is 223 cm³/mol. The molecule has 0 fully saturated rings. The van der Waals surface area contributed by atoms with Crippen molar-refractivity contribution >= 4 is 16.8 Å². The van der Waals surface area contributed by atoms with Gasteiger partial charge in [-0.2, -0.15) is 0 Å². The Morgan fingerprint density at radius 3 is 1.80 bits per heavy atom. The van der Waals surface area contributed by atoms with Gasteiger partial charge in [0, 0.05) is 44.2 Å². The van der Waals surface area contributed by atoms with Crippen LogP contribution in [0.4, 0.5) is 0 Å². The second-order valence-electron chi connectivity index (χ2n) is 14.9. The highest BCUT2D eigenvalue weighted by Crippen LogP contribution is 2.58. The van der Waals surface area contributed by atoms with Crippen LogP contribution in [0, 0.1) is 0 Å². The molecule has 2 aliphatic rings. The molecule has 0 bridgehead atoms. The Hall–Kier alpha value is -6.78. The van der Waals surface area contributed by atoms with Crippen LogP contribution in [0.1, 0.15) is 41.7 Å². The molecule has 0 radical (unpaired) electrons. The minimum atomic E-state index is -0.916. The highest BCUT2D eigenvalue weighted by Gasteiger charge is 2.44. The Balaban J connectivity index is 1.14. The van der Waals surface area contributed by atoms with Crippen LogP contribution in [0.5, 0.6) is 11.5 Å². The number of benzene rings is 7. The normalized spacial score (nSPS) is 16.2. The molecule has 0 N–H and O–H groups in total. The summed E-state index contributed by atoms with van der Waals surface area (Å²) in [6, 6.07) is 57.0. The minimum absolute atomic E-state index is 0.204. The van der Waals surface area contributed by atoms with Crippen molar-refractivity contribution < 1.29 is 9.47 Å². The van der Waals surface area contributed by atoms with E-state index in [1.807, 2.05) is 48.5 Å². The summed E-state index contributed by atoms with van der Waals surface area (Å²) >= 11 is 0. The molecule has 264 valence electrons. The molecule has 0 saturated heterocycles. The largest absolute Gasteiger partial charge is 0.497 e. The maximum atomic E-state index is 7.54. The molecule has 55 heavy (non-hydrogen) atoms. The zero-order valence-electron chi connectivity index (χ0n) is 31.0. The molecule has 1 aliphatic heterocycles. The van der Waals surface area contributed by atoms with Crippen LogP contribution in [0.15, 0.2) is 170 Å². The monoisotopic (exact) mass is 710 g/mol. The maximum Gasteiger partial charge on any atom is 0.178 e. The van der Waals surface area contributed by atoms with E-state index in [1.165, 1.54) is 27.6 Å². The van der Waals surface area contributed by atoms with Crippen LogP contribution in [0.2, 0.25) is 0 Å². The first kappa shape index (κ1) is 32.8. The van der Waals surface area contributed by atoms with Crippen molar-refractivity contribution in [3.05, 3.63) is 198 Å². The highest BCUT2D eigenvalue weighted by molar-refractivity contribution is 6.08. The topological polar surface area (TPSA) is 44.2 Å². The van der Waals surface area contributed by atoms with Crippen LogP contribution in [-0.4, -0.2) is 17.1 Å². The van der Waals surface area contributed by atoms with Gasteiger partial charge in [-0.25, -0.2) is 9.97 Å². The molecule has 10 rings (SSSR count). The van der Waals surface area contributed by atoms with Crippen molar-refractivity contribution in [3.8, 4) is 56.5 Å². The summed E-state index contributed by atoms with van der Waals surface area (Å²) in [4.78, 5) is 10.1. The molecule has 7 aromatic carbocycles. The Morgan fingerprint density at radius 2 is 1.13 bits per heavy atom. The molecule has 1 aliphatic carbocycles. The molecule has 4 nitrogen and oxygen atoms in total. The zero-order valence-corrected chi connectivity index (χ0v) is 31.0. The quantitative estimate of drug-likeness (QED) is 0.172. The van der Waals surface area contributed by atoms with E-state index in [0.29, 0.717) is 5.82 Å². The highest BCUT2D eigenvalue weighted by atomic mass is 16.5. The molecular formula is C51H38N2O2. The van der Waals surface area contributed by atoms with Crippen LogP contribution in [0.25, 0.3) is 61.9 Å². The average molecular weight is 711 g/mol. The Kier molecular flexibility index (Phi) is 7.57. The summed E-state index contributed by atoms with van der Waals surface area (Å²) in [6.07, 6.45) is 4.55. The molecule has 1 unspecified atom stereocenters. The standard InChI is InChI=1S/C51H38N2O2/c1-50(2)43-21-13-12-20-41(43)46-39-18-10-11-19-40(39)48-42(47(46)50)30-31-51(55-48,37-26-28-38(54-3)29-27-37)36-24-22-34(23-25-36)45-32-44(33-14-6-4-7-15-33)52-49(53-45)35-16-8-5-9-17-35/h4-32H,1-3H3. The lowest BCUT2D eigenvalue weighted by atomic mass is 9.76. The predicted octanol–water partition coefficient (Wildman–Crippen LogP) is 12.3. The first-order valence-electron chi connectivity index (χ1n) is 18.8. The molecule has 1 aromatic heterocycles. The molecule has 8 aromatic rings. The molecule has 0 amide bonds. The summed E-state index contributed by atoms with van der Waals surface area (Å²) in [6.45, 7) is 4.67. The van der Waals surface area contributed by atoms with Crippen molar-refractivity contribution in [2.75, 3.05) is 7.11 Å². The number of methoxy groups -OCH3 is 1. The van der Waals surface area contributed by atoms with Crippen LogP contribution in [0.3, 0.4) is 0 Å². The van der Waals surface area contributed by atoms with Crippen molar-refractivity contribution in [3.63, 3.8) is 0 Å². The number of ether oxygens (including phenoxy) is 2. The van der Waals surface area contributed by atoms with E-state index < -0.39 is 5.60 Å². The lowest BCUT2D eigenvalue weighted by molar-refractivity contribution is 0.163. The lowest BCUT2D eigenvalue weighted by Gasteiger charge is -2.38. The van der Waals surface area contributed by atoms with Gasteiger partial charge in [-0.3, -0.25) is 0 Å². The van der Waals surface area contributed by atoms with Crippen molar-refractivity contribution in [2.45, 2.75) is 24.9 Å². The van der Waals surface area contributed by atoms with E-state index >= 15 is 0 Å². The van der Waals surface area contributed by atoms with Gasteiger partial charge in [-0.15, -0.1) is 0 Å². The van der Waals surface area contributed by atoms with E-state index in [4.69, 9.17) is 19.4 Å². The van der Waals surface area contributed by atoms with E-state index in [2.05, 4.69) is 141 Å². The zero-order chi connectivity index (χ0) is 37.1. The average Bonchev–Trinajstić information content (AvgIpc) is 3.50. The fourth-order valence-electron chi connectivity index (χ4n) is 8.67. The second-order valence-corrected chi connectivity index (χ2v) is 14.9. The summed E-state index contributed by atoms with van der Waals surface area (Å²) in [7, 11) is 1.70. The third kappa shape index (κ3) is 5.20. The van der Waals surface area contributed by atoms with Crippen molar-refractivity contribution in [1.82, 2.24) is 9.97 Å². The molecule has 2 heterocycles. The lowest BCUT2D eigenvalue weighted by Crippen LogP contribution is -2.35. The van der Waals surface area contributed by atoms with E-state index in [9.17, 15) is 0 Å². The molecular weight excluding hydrogens is 673 g/mol. The van der Waals surface area contributed by atoms with Gasteiger partial charge in [-0.1, -0.05) is 166 Å². The number of hydrogen-bond donors (Lipinski definition) is 0. The summed E-state index contributed by atoms with van der Waals surface area (Å²) in [5, 5.41) is 2.31. The Labute approximate surface area is 321 Å². The number of aromatic nitrogens is 2. The summed E-state index contributed by atoms with van der Waals surface area (Å²) in [5.74, 6) is 2.38. The fourth-order valence-corrected chi connectivity index (χ4v) is 8.67. The van der Waals surface area contributed by atoms with Crippen molar-refractivity contribution in [1.29, 1.82) is 0 Å². The van der Waals surface area contributed by atoms with E-state index in [-0.39, 0.29) is 5.41 Å². The number of nitrogens with zero attached hydrogens (tertiary/aromatic N) is 2. The molecule has 1 atom stereocenters. The maximum absolute atomic E-state index is 7.54. The van der Waals surface area contributed by atoms with Crippen LogP contribution < -0.4 is 9.47 Å². The number of fused-ring (bicyclic) bond motifs is 8. The number of hydrogen-bond acceptors (Lipinski definition) is 4. The van der Waals surface area contributed by atoms with Gasteiger partial charge >= 0.3 is 0 Å².